The number of amides is 1. The van der Waals surface area contributed by atoms with Gasteiger partial charge in [-0.2, -0.15) is 0 Å². The van der Waals surface area contributed by atoms with Crippen molar-refractivity contribution in [2.75, 3.05) is 18.5 Å². The fourth-order valence-corrected chi connectivity index (χ4v) is 1.53. The molecule has 1 aromatic rings. The number of hydrogen-bond donors (Lipinski definition) is 2. The van der Waals surface area contributed by atoms with Gasteiger partial charge in [-0.05, 0) is 30.0 Å². The molecule has 0 radical (unpaired) electrons. The van der Waals surface area contributed by atoms with Crippen LogP contribution in [0.3, 0.4) is 0 Å². The van der Waals surface area contributed by atoms with Crippen LogP contribution in [0.15, 0.2) is 24.3 Å². The van der Waals surface area contributed by atoms with Crippen molar-refractivity contribution in [2.24, 2.45) is 11.7 Å². The quantitative estimate of drug-likeness (QED) is 0.709. The molecule has 0 spiro atoms. The number of nitrogens with one attached hydrogen (secondary N) is 1. The van der Waals surface area contributed by atoms with E-state index in [2.05, 4.69) is 19.2 Å². The first-order valence-electron chi connectivity index (χ1n) is 6.78. The molecule has 3 N–H and O–H groups in total. The summed E-state index contributed by atoms with van der Waals surface area (Å²) in [6.45, 7) is 6.01. The summed E-state index contributed by atoms with van der Waals surface area (Å²) in [6.07, 6.45) is 1.42. The third kappa shape index (κ3) is 6.94. The smallest absolute Gasteiger partial charge is 0.226 e. The van der Waals surface area contributed by atoms with Crippen molar-refractivity contribution in [1.82, 2.24) is 0 Å². The molecule has 1 rings (SSSR count). The third-order valence-corrected chi connectivity index (χ3v) is 2.79. The van der Waals surface area contributed by atoms with Gasteiger partial charge >= 0.3 is 0 Å². The second-order valence-electron chi connectivity index (χ2n) is 4.99. The molecule has 0 aliphatic heterocycles. The minimum atomic E-state index is -0.0231. The van der Waals surface area contributed by atoms with Gasteiger partial charge in [-0.15, -0.1) is 0 Å². The molecule has 0 aromatic heterocycles. The van der Waals surface area contributed by atoms with E-state index in [0.29, 0.717) is 25.5 Å². The van der Waals surface area contributed by atoms with Crippen LogP contribution in [0, 0.1) is 5.92 Å². The number of benzene rings is 1. The van der Waals surface area contributed by atoms with E-state index in [1.165, 1.54) is 0 Å². The third-order valence-electron chi connectivity index (χ3n) is 2.79. The van der Waals surface area contributed by atoms with Crippen LogP contribution >= 0.6 is 0 Å². The Morgan fingerprint density at radius 1 is 1.26 bits per heavy atom. The molecule has 1 aromatic carbocycles. The van der Waals surface area contributed by atoms with Crippen molar-refractivity contribution in [1.29, 1.82) is 0 Å². The summed E-state index contributed by atoms with van der Waals surface area (Å²) < 4.78 is 5.41. The van der Waals surface area contributed by atoms with Crippen molar-refractivity contribution in [3.05, 3.63) is 29.8 Å². The summed E-state index contributed by atoms with van der Waals surface area (Å²) in [7, 11) is 0. The average Bonchev–Trinajstić information content (AvgIpc) is 2.39. The highest BCUT2D eigenvalue weighted by Gasteiger charge is 2.02. The van der Waals surface area contributed by atoms with Gasteiger partial charge in [-0.25, -0.2) is 0 Å². The van der Waals surface area contributed by atoms with Crippen LogP contribution in [0.1, 0.15) is 32.3 Å². The maximum atomic E-state index is 11.6. The van der Waals surface area contributed by atoms with Gasteiger partial charge in [0.1, 0.15) is 0 Å². The van der Waals surface area contributed by atoms with E-state index in [-0.39, 0.29) is 5.91 Å². The number of rotatable bonds is 8. The normalized spacial score (nSPS) is 10.7. The van der Waals surface area contributed by atoms with Crippen LogP contribution in [-0.4, -0.2) is 19.1 Å². The van der Waals surface area contributed by atoms with Gasteiger partial charge < -0.3 is 15.8 Å². The molecule has 1 amide bonds. The summed E-state index contributed by atoms with van der Waals surface area (Å²) in [5, 5.41) is 2.83. The predicted octanol–water partition coefficient (Wildman–Crippen LogP) is 2.54. The molecule has 0 heterocycles. The summed E-state index contributed by atoms with van der Waals surface area (Å²) in [5.41, 5.74) is 7.36. The summed E-state index contributed by atoms with van der Waals surface area (Å²) in [5.74, 6) is 0.611. The van der Waals surface area contributed by atoms with Crippen LogP contribution in [0.4, 0.5) is 5.69 Å². The number of nitrogens with two attached hydrogens (primary N) is 1. The zero-order valence-corrected chi connectivity index (χ0v) is 11.8. The maximum Gasteiger partial charge on any atom is 0.226 e. The number of ether oxygens (including phenoxy) is 1. The van der Waals surface area contributed by atoms with Gasteiger partial charge in [-0.1, -0.05) is 26.0 Å². The molecule has 0 atom stereocenters. The molecule has 19 heavy (non-hydrogen) atoms. The monoisotopic (exact) mass is 264 g/mol. The number of carbonyl (C=O) groups is 1. The van der Waals surface area contributed by atoms with Crippen LogP contribution < -0.4 is 11.1 Å². The largest absolute Gasteiger partial charge is 0.381 e. The standard InChI is InChI=1S/C15H24N2O2/c1-12(2)7-9-19-10-8-15(18)17-14-5-3-13(11-16)4-6-14/h3-6,12H,7-11,16H2,1-2H3,(H,17,18). The molecular weight excluding hydrogens is 240 g/mol. The molecular formula is C15H24N2O2. The minimum Gasteiger partial charge on any atom is -0.381 e. The lowest BCUT2D eigenvalue weighted by molar-refractivity contribution is -0.117. The molecule has 0 saturated carbocycles. The lowest BCUT2D eigenvalue weighted by Gasteiger charge is -2.08. The molecule has 4 heteroatoms. The molecule has 4 nitrogen and oxygen atoms in total. The number of carbonyl (C=O) groups excluding carboxylic acids is 1. The average molecular weight is 264 g/mol. The minimum absolute atomic E-state index is 0.0231. The fourth-order valence-electron chi connectivity index (χ4n) is 1.53. The first kappa shape index (κ1) is 15.7. The van der Waals surface area contributed by atoms with Crippen LogP contribution in [0.2, 0.25) is 0 Å². The highest BCUT2D eigenvalue weighted by atomic mass is 16.5. The van der Waals surface area contributed by atoms with Crippen LogP contribution in [0.5, 0.6) is 0 Å². The van der Waals surface area contributed by atoms with E-state index < -0.39 is 0 Å². The number of hydrogen-bond acceptors (Lipinski definition) is 3. The Kier molecular flexibility index (Phi) is 7.15. The second-order valence-corrected chi connectivity index (χ2v) is 4.99. The molecule has 106 valence electrons. The molecule has 0 saturated heterocycles. The van der Waals surface area contributed by atoms with Crippen molar-refractivity contribution in [3.8, 4) is 0 Å². The second kappa shape index (κ2) is 8.67. The zero-order valence-electron chi connectivity index (χ0n) is 11.8. The Labute approximate surface area is 115 Å². The Morgan fingerprint density at radius 2 is 1.95 bits per heavy atom. The fraction of sp³-hybridized carbons (Fsp3) is 0.533. The van der Waals surface area contributed by atoms with Gasteiger partial charge in [0.15, 0.2) is 0 Å². The number of anilines is 1. The van der Waals surface area contributed by atoms with Crippen LogP contribution in [-0.2, 0) is 16.1 Å². The van der Waals surface area contributed by atoms with Gasteiger partial charge in [0.05, 0.1) is 13.0 Å². The molecule has 0 bridgehead atoms. The van der Waals surface area contributed by atoms with Gasteiger partial charge in [0.25, 0.3) is 0 Å². The molecule has 0 aliphatic rings. The highest BCUT2D eigenvalue weighted by Crippen LogP contribution is 2.09. The van der Waals surface area contributed by atoms with E-state index in [4.69, 9.17) is 10.5 Å². The van der Waals surface area contributed by atoms with E-state index in [9.17, 15) is 4.79 Å². The van der Waals surface area contributed by atoms with Crippen molar-refractivity contribution in [2.45, 2.75) is 33.2 Å². The van der Waals surface area contributed by atoms with Gasteiger partial charge in [0, 0.05) is 18.8 Å². The SMILES string of the molecule is CC(C)CCOCCC(=O)Nc1ccc(CN)cc1. The first-order chi connectivity index (χ1) is 9.11. The van der Waals surface area contributed by atoms with E-state index in [0.717, 1.165) is 24.3 Å². The van der Waals surface area contributed by atoms with Crippen molar-refractivity contribution >= 4 is 11.6 Å². The molecule has 0 unspecified atom stereocenters. The Hall–Kier alpha value is -1.39. The summed E-state index contributed by atoms with van der Waals surface area (Å²) in [6, 6.07) is 7.54. The van der Waals surface area contributed by atoms with E-state index in [1.807, 2.05) is 24.3 Å². The Morgan fingerprint density at radius 3 is 2.53 bits per heavy atom. The maximum absolute atomic E-state index is 11.6. The lowest BCUT2D eigenvalue weighted by atomic mass is 10.1. The Bertz CT molecular complexity index is 374. The Balaban J connectivity index is 2.19. The van der Waals surface area contributed by atoms with E-state index >= 15 is 0 Å². The van der Waals surface area contributed by atoms with Crippen molar-refractivity contribution in [3.63, 3.8) is 0 Å². The summed E-state index contributed by atoms with van der Waals surface area (Å²) >= 11 is 0. The lowest BCUT2D eigenvalue weighted by Crippen LogP contribution is -2.14. The van der Waals surface area contributed by atoms with Crippen molar-refractivity contribution < 1.29 is 9.53 Å². The van der Waals surface area contributed by atoms with Gasteiger partial charge in [0.2, 0.25) is 5.91 Å². The molecule has 0 aliphatic carbocycles. The highest BCUT2D eigenvalue weighted by molar-refractivity contribution is 5.90. The predicted molar refractivity (Wildman–Crippen MR) is 77.9 cm³/mol. The first-order valence-corrected chi connectivity index (χ1v) is 6.78. The topological polar surface area (TPSA) is 64.3 Å². The molecule has 0 fully saturated rings. The van der Waals surface area contributed by atoms with Crippen LogP contribution in [0.25, 0.3) is 0 Å². The van der Waals surface area contributed by atoms with Gasteiger partial charge in [-0.3, -0.25) is 4.79 Å². The summed E-state index contributed by atoms with van der Waals surface area (Å²) in [4.78, 5) is 11.6. The zero-order chi connectivity index (χ0) is 14.1. The van der Waals surface area contributed by atoms with E-state index in [1.54, 1.807) is 0 Å².